The van der Waals surface area contributed by atoms with Crippen LogP contribution in [0.2, 0.25) is 0 Å². The molecule has 0 saturated heterocycles. The molecule has 0 rings (SSSR count). The normalized spacial score (nSPS) is 12.2. The van der Waals surface area contributed by atoms with E-state index in [2.05, 4.69) is 10.1 Å². The monoisotopic (exact) mass is 175 g/mol. The van der Waals surface area contributed by atoms with Gasteiger partial charge in [0.1, 0.15) is 0 Å². The highest BCUT2D eigenvalue weighted by Gasteiger charge is 2.06. The maximum absolute atomic E-state index is 10.6. The molecule has 0 spiro atoms. The van der Waals surface area contributed by atoms with Crippen LogP contribution in [0.15, 0.2) is 0 Å². The number of methoxy groups -OCH3 is 1. The molecular weight excluding hydrogens is 158 g/mol. The molecule has 2 N–H and O–H groups in total. The number of carbonyl (C=O) groups excluding carboxylic acids is 1. The molecule has 0 fully saturated rings. The molecule has 72 valence electrons. The SMILES string of the molecule is CCC(CCO)CNC(=O)OC. The first-order valence-electron chi connectivity index (χ1n) is 4.17. The highest BCUT2D eigenvalue weighted by Crippen LogP contribution is 2.05. The zero-order valence-electron chi connectivity index (χ0n) is 7.67. The third-order valence-corrected chi connectivity index (χ3v) is 1.84. The van der Waals surface area contributed by atoms with Crippen molar-refractivity contribution in [3.8, 4) is 0 Å². The zero-order valence-corrected chi connectivity index (χ0v) is 7.67. The predicted octanol–water partition coefficient (Wildman–Crippen LogP) is 0.751. The molecule has 0 bridgehead atoms. The van der Waals surface area contributed by atoms with Crippen LogP contribution in [-0.2, 0) is 4.74 Å². The average Bonchev–Trinajstić information content (AvgIpc) is 2.11. The average molecular weight is 175 g/mol. The number of aliphatic hydroxyl groups is 1. The Labute approximate surface area is 72.9 Å². The summed E-state index contributed by atoms with van der Waals surface area (Å²) in [5.41, 5.74) is 0. The Morgan fingerprint density at radius 2 is 2.33 bits per heavy atom. The Bertz CT molecular complexity index is 127. The molecule has 0 heterocycles. The number of hydrogen-bond acceptors (Lipinski definition) is 3. The lowest BCUT2D eigenvalue weighted by Gasteiger charge is -2.13. The molecule has 4 nitrogen and oxygen atoms in total. The molecule has 0 radical (unpaired) electrons. The summed E-state index contributed by atoms with van der Waals surface area (Å²) in [5, 5.41) is 11.2. The third-order valence-electron chi connectivity index (χ3n) is 1.84. The van der Waals surface area contributed by atoms with Crippen molar-refractivity contribution < 1.29 is 14.6 Å². The van der Waals surface area contributed by atoms with Crippen LogP contribution >= 0.6 is 0 Å². The van der Waals surface area contributed by atoms with Gasteiger partial charge in [-0.15, -0.1) is 0 Å². The number of nitrogens with one attached hydrogen (secondary N) is 1. The van der Waals surface area contributed by atoms with Crippen LogP contribution in [0.25, 0.3) is 0 Å². The molecule has 1 amide bonds. The lowest BCUT2D eigenvalue weighted by molar-refractivity contribution is 0.167. The second-order valence-corrected chi connectivity index (χ2v) is 2.66. The van der Waals surface area contributed by atoms with Crippen LogP contribution < -0.4 is 5.32 Å². The van der Waals surface area contributed by atoms with Gasteiger partial charge in [-0.2, -0.15) is 0 Å². The summed E-state index contributed by atoms with van der Waals surface area (Å²) in [6.07, 6.45) is 1.26. The Morgan fingerprint density at radius 1 is 1.67 bits per heavy atom. The van der Waals surface area contributed by atoms with E-state index in [4.69, 9.17) is 5.11 Å². The summed E-state index contributed by atoms with van der Waals surface area (Å²) in [5.74, 6) is 0.342. The summed E-state index contributed by atoms with van der Waals surface area (Å²) in [7, 11) is 1.34. The molecule has 0 aromatic rings. The minimum absolute atomic E-state index is 0.168. The highest BCUT2D eigenvalue weighted by atomic mass is 16.5. The predicted molar refractivity (Wildman–Crippen MR) is 45.9 cm³/mol. The lowest BCUT2D eigenvalue weighted by atomic mass is 10.0. The Balaban J connectivity index is 3.50. The molecular formula is C8H17NO3. The van der Waals surface area contributed by atoms with Crippen LogP contribution in [0.3, 0.4) is 0 Å². The summed E-state index contributed by atoms with van der Waals surface area (Å²) < 4.78 is 4.41. The van der Waals surface area contributed by atoms with Crippen LogP contribution in [0, 0.1) is 5.92 Å². The fourth-order valence-corrected chi connectivity index (χ4v) is 0.933. The number of amides is 1. The van der Waals surface area contributed by atoms with E-state index in [9.17, 15) is 4.79 Å². The minimum atomic E-state index is -0.411. The second-order valence-electron chi connectivity index (χ2n) is 2.66. The van der Waals surface area contributed by atoms with Gasteiger partial charge in [0.05, 0.1) is 7.11 Å². The van der Waals surface area contributed by atoms with Crippen molar-refractivity contribution in [3.05, 3.63) is 0 Å². The third kappa shape index (κ3) is 4.96. The van der Waals surface area contributed by atoms with E-state index in [-0.39, 0.29) is 6.61 Å². The fraction of sp³-hybridized carbons (Fsp3) is 0.875. The van der Waals surface area contributed by atoms with E-state index in [1.807, 2.05) is 6.92 Å². The number of rotatable bonds is 5. The number of hydrogen-bond donors (Lipinski definition) is 2. The first kappa shape index (κ1) is 11.2. The van der Waals surface area contributed by atoms with Gasteiger partial charge >= 0.3 is 6.09 Å². The lowest BCUT2D eigenvalue weighted by Crippen LogP contribution is -2.29. The summed E-state index contributed by atoms with van der Waals surface area (Å²) in [4.78, 5) is 10.6. The number of carbonyl (C=O) groups is 1. The first-order chi connectivity index (χ1) is 5.74. The molecule has 0 aromatic carbocycles. The van der Waals surface area contributed by atoms with Gasteiger partial charge in [-0.1, -0.05) is 13.3 Å². The van der Waals surface area contributed by atoms with Gasteiger partial charge in [-0.25, -0.2) is 4.79 Å². The van der Waals surface area contributed by atoms with Crippen LogP contribution in [0.5, 0.6) is 0 Å². The van der Waals surface area contributed by atoms with E-state index in [1.165, 1.54) is 7.11 Å². The molecule has 0 aliphatic carbocycles. The topological polar surface area (TPSA) is 58.6 Å². The summed E-state index contributed by atoms with van der Waals surface area (Å²) in [6.45, 7) is 2.77. The number of aliphatic hydroxyl groups excluding tert-OH is 1. The number of ether oxygens (including phenoxy) is 1. The van der Waals surface area contributed by atoms with Crippen molar-refractivity contribution in [1.29, 1.82) is 0 Å². The maximum atomic E-state index is 10.6. The second kappa shape index (κ2) is 6.91. The van der Waals surface area contributed by atoms with Gasteiger partial charge in [-0.3, -0.25) is 0 Å². The van der Waals surface area contributed by atoms with Crippen molar-refractivity contribution in [2.75, 3.05) is 20.3 Å². The van der Waals surface area contributed by atoms with Crippen molar-refractivity contribution in [2.45, 2.75) is 19.8 Å². The molecule has 0 aliphatic rings. The number of alkyl carbamates (subject to hydrolysis) is 1. The van der Waals surface area contributed by atoms with Gasteiger partial charge in [0, 0.05) is 13.2 Å². The van der Waals surface area contributed by atoms with Crippen molar-refractivity contribution >= 4 is 6.09 Å². The van der Waals surface area contributed by atoms with Gasteiger partial charge in [0.25, 0.3) is 0 Å². The fourth-order valence-electron chi connectivity index (χ4n) is 0.933. The van der Waals surface area contributed by atoms with Crippen LogP contribution in [-0.4, -0.2) is 31.5 Å². The van der Waals surface area contributed by atoms with Crippen LogP contribution in [0.1, 0.15) is 19.8 Å². The maximum Gasteiger partial charge on any atom is 0.406 e. The molecule has 1 atom stereocenters. The molecule has 4 heteroatoms. The smallest absolute Gasteiger partial charge is 0.406 e. The van der Waals surface area contributed by atoms with E-state index in [0.717, 1.165) is 12.8 Å². The van der Waals surface area contributed by atoms with Crippen LogP contribution in [0.4, 0.5) is 4.79 Å². The summed E-state index contributed by atoms with van der Waals surface area (Å²) >= 11 is 0. The van der Waals surface area contributed by atoms with E-state index >= 15 is 0 Å². The van der Waals surface area contributed by atoms with Gasteiger partial charge in [0.15, 0.2) is 0 Å². The quantitative estimate of drug-likeness (QED) is 0.648. The Kier molecular flexibility index (Phi) is 6.47. The molecule has 0 aromatic heterocycles. The Hall–Kier alpha value is -0.770. The largest absolute Gasteiger partial charge is 0.453 e. The minimum Gasteiger partial charge on any atom is -0.453 e. The van der Waals surface area contributed by atoms with E-state index in [1.54, 1.807) is 0 Å². The molecule has 12 heavy (non-hydrogen) atoms. The molecule has 0 saturated carbocycles. The van der Waals surface area contributed by atoms with E-state index < -0.39 is 6.09 Å². The first-order valence-corrected chi connectivity index (χ1v) is 4.17. The van der Waals surface area contributed by atoms with Crippen molar-refractivity contribution in [2.24, 2.45) is 5.92 Å². The highest BCUT2D eigenvalue weighted by molar-refractivity contribution is 5.66. The van der Waals surface area contributed by atoms with Gasteiger partial charge in [0.2, 0.25) is 0 Å². The van der Waals surface area contributed by atoms with Crippen molar-refractivity contribution in [3.63, 3.8) is 0 Å². The van der Waals surface area contributed by atoms with E-state index in [0.29, 0.717) is 12.5 Å². The zero-order chi connectivity index (χ0) is 9.40. The molecule has 0 aliphatic heterocycles. The van der Waals surface area contributed by atoms with Gasteiger partial charge in [-0.05, 0) is 12.3 Å². The molecule has 1 unspecified atom stereocenters. The summed E-state index contributed by atoms with van der Waals surface area (Å²) in [6, 6.07) is 0. The standard InChI is InChI=1S/C8H17NO3/c1-3-7(4-5-10)6-9-8(11)12-2/h7,10H,3-6H2,1-2H3,(H,9,11). The van der Waals surface area contributed by atoms with Crippen molar-refractivity contribution in [1.82, 2.24) is 5.32 Å². The van der Waals surface area contributed by atoms with Gasteiger partial charge < -0.3 is 15.2 Å². The Morgan fingerprint density at radius 3 is 2.75 bits per heavy atom.